The molecular formula is C14H12ClN7OS. The number of aromatic nitrogens is 6. The van der Waals surface area contributed by atoms with E-state index in [2.05, 4.69) is 38.0 Å². The van der Waals surface area contributed by atoms with E-state index in [1.165, 1.54) is 6.20 Å². The number of anilines is 1. The Morgan fingerprint density at radius 3 is 2.83 bits per heavy atom. The van der Waals surface area contributed by atoms with E-state index in [9.17, 15) is 0 Å². The van der Waals surface area contributed by atoms with E-state index in [0.29, 0.717) is 44.2 Å². The van der Waals surface area contributed by atoms with Gasteiger partial charge in [-0.05, 0) is 0 Å². The van der Waals surface area contributed by atoms with E-state index in [4.69, 9.17) is 16.3 Å². The van der Waals surface area contributed by atoms with Crippen LogP contribution in [0.4, 0.5) is 5.82 Å². The first kappa shape index (κ1) is 15.0. The maximum atomic E-state index is 6.48. The lowest BCUT2D eigenvalue weighted by Gasteiger charge is -2.08. The number of hydrogen-bond acceptors (Lipinski definition) is 7. The summed E-state index contributed by atoms with van der Waals surface area (Å²) in [5.41, 5.74) is 1.87. The number of nitrogens with one attached hydrogen (secondary N) is 1. The van der Waals surface area contributed by atoms with Crippen molar-refractivity contribution in [1.29, 1.82) is 0 Å². The highest BCUT2D eigenvalue weighted by Crippen LogP contribution is 2.37. The zero-order chi connectivity index (χ0) is 16.8. The molecule has 0 atom stereocenters. The summed E-state index contributed by atoms with van der Waals surface area (Å²) < 4.78 is 9.37. The molecular weight excluding hydrogens is 350 g/mol. The summed E-state index contributed by atoms with van der Waals surface area (Å²) in [6.07, 6.45) is 6.52. The molecule has 0 radical (unpaired) electrons. The van der Waals surface area contributed by atoms with Crippen LogP contribution >= 0.6 is 24.2 Å². The Bertz CT molecular complexity index is 1070. The highest BCUT2D eigenvalue weighted by atomic mass is 35.5. The Labute approximate surface area is 146 Å². The standard InChI is InChI=1S/C14H12ClN7OS/c1-16-12-10-8(6-19-22(10)4-3-17-12)23-7-5-18-13-11(9(7)15)21(2)14(24)20-13/h3-6H,1-2H3,(H,16,17)(H,18,20,24). The number of fused-ring (bicyclic) bond motifs is 2. The summed E-state index contributed by atoms with van der Waals surface area (Å²) >= 11 is 10.8. The molecule has 0 fully saturated rings. The predicted molar refractivity (Wildman–Crippen MR) is 93.4 cm³/mol. The minimum absolute atomic E-state index is 0.404. The van der Waals surface area contributed by atoms with Crippen molar-refractivity contribution in [2.75, 3.05) is 12.4 Å². The topological polar surface area (TPSA) is 82.2 Å². The zero-order valence-corrected chi connectivity index (χ0v) is 14.4. The lowest BCUT2D eigenvalue weighted by Crippen LogP contribution is -1.98. The number of nitrogens with zero attached hydrogens (tertiary/aromatic N) is 6. The Morgan fingerprint density at radius 1 is 1.21 bits per heavy atom. The molecule has 122 valence electrons. The van der Waals surface area contributed by atoms with Gasteiger partial charge in [-0.2, -0.15) is 5.10 Å². The molecule has 0 saturated carbocycles. The van der Waals surface area contributed by atoms with Crippen molar-refractivity contribution in [3.05, 3.63) is 29.8 Å². The molecule has 24 heavy (non-hydrogen) atoms. The van der Waals surface area contributed by atoms with Crippen molar-refractivity contribution in [2.45, 2.75) is 5.16 Å². The number of rotatable bonds is 3. The van der Waals surface area contributed by atoms with Crippen LogP contribution in [0.25, 0.3) is 16.7 Å². The van der Waals surface area contributed by atoms with Gasteiger partial charge in [-0.3, -0.25) is 0 Å². The second-order valence-electron chi connectivity index (χ2n) is 5.01. The SMILES string of the molecule is CNc1nccn2ncc(Oc3cnc4nc(S)n(C)c4c3Cl)c12. The lowest BCUT2D eigenvalue weighted by atomic mass is 10.4. The summed E-state index contributed by atoms with van der Waals surface area (Å²) in [5.74, 6) is 1.57. The largest absolute Gasteiger partial charge is 0.450 e. The van der Waals surface area contributed by atoms with E-state index in [-0.39, 0.29) is 0 Å². The van der Waals surface area contributed by atoms with E-state index >= 15 is 0 Å². The molecule has 10 heteroatoms. The van der Waals surface area contributed by atoms with Gasteiger partial charge in [-0.15, -0.1) is 12.6 Å². The maximum absolute atomic E-state index is 6.48. The Balaban J connectivity index is 1.86. The van der Waals surface area contributed by atoms with Gasteiger partial charge in [0.05, 0.1) is 12.4 Å². The van der Waals surface area contributed by atoms with Crippen LogP contribution in [-0.4, -0.2) is 36.2 Å². The van der Waals surface area contributed by atoms with Gasteiger partial charge in [0.25, 0.3) is 0 Å². The molecule has 0 amide bonds. The van der Waals surface area contributed by atoms with Crippen molar-refractivity contribution in [1.82, 2.24) is 29.1 Å². The monoisotopic (exact) mass is 361 g/mol. The van der Waals surface area contributed by atoms with Gasteiger partial charge in [0.1, 0.15) is 10.5 Å². The van der Waals surface area contributed by atoms with Crippen molar-refractivity contribution < 1.29 is 4.74 Å². The fraction of sp³-hybridized carbons (Fsp3) is 0.143. The Morgan fingerprint density at radius 2 is 2.04 bits per heavy atom. The van der Waals surface area contributed by atoms with Crippen molar-refractivity contribution >= 4 is 46.7 Å². The van der Waals surface area contributed by atoms with Crippen LogP contribution in [0, 0.1) is 0 Å². The average Bonchev–Trinajstić information content (AvgIpc) is 3.12. The number of thiol groups is 1. The van der Waals surface area contributed by atoms with Gasteiger partial charge < -0.3 is 14.6 Å². The van der Waals surface area contributed by atoms with E-state index in [1.54, 1.807) is 34.7 Å². The van der Waals surface area contributed by atoms with E-state index in [1.807, 2.05) is 7.05 Å². The van der Waals surface area contributed by atoms with Gasteiger partial charge in [0.2, 0.25) is 0 Å². The van der Waals surface area contributed by atoms with Crippen molar-refractivity contribution in [3.63, 3.8) is 0 Å². The van der Waals surface area contributed by atoms with Gasteiger partial charge >= 0.3 is 0 Å². The van der Waals surface area contributed by atoms with Crippen molar-refractivity contribution in [2.24, 2.45) is 7.05 Å². The maximum Gasteiger partial charge on any atom is 0.180 e. The molecule has 0 aliphatic carbocycles. The second-order valence-corrected chi connectivity index (χ2v) is 5.79. The molecule has 0 aliphatic heterocycles. The molecule has 1 N–H and O–H groups in total. The van der Waals surface area contributed by atoms with E-state index < -0.39 is 0 Å². The van der Waals surface area contributed by atoms with E-state index in [0.717, 1.165) is 0 Å². The first-order valence-electron chi connectivity index (χ1n) is 6.98. The normalized spacial score (nSPS) is 11.3. The van der Waals surface area contributed by atoms with Crippen LogP contribution in [0.5, 0.6) is 11.5 Å². The summed E-state index contributed by atoms with van der Waals surface area (Å²) in [7, 11) is 3.59. The number of hydrogen-bond donors (Lipinski definition) is 2. The number of aryl methyl sites for hydroxylation is 1. The smallest absolute Gasteiger partial charge is 0.180 e. The molecule has 0 saturated heterocycles. The van der Waals surface area contributed by atoms with Crippen molar-refractivity contribution in [3.8, 4) is 11.5 Å². The predicted octanol–water partition coefficient (Wildman–Crippen LogP) is 2.79. The fourth-order valence-corrected chi connectivity index (χ4v) is 2.96. The molecule has 4 aromatic heterocycles. The highest BCUT2D eigenvalue weighted by molar-refractivity contribution is 7.80. The molecule has 0 bridgehead atoms. The number of pyridine rings is 1. The van der Waals surface area contributed by atoms with Crippen LogP contribution in [0.1, 0.15) is 0 Å². The van der Waals surface area contributed by atoms with Gasteiger partial charge in [-0.1, -0.05) is 11.6 Å². The number of halogens is 1. The number of ether oxygens (including phenoxy) is 1. The zero-order valence-electron chi connectivity index (χ0n) is 12.7. The molecule has 4 aromatic rings. The third-order valence-electron chi connectivity index (χ3n) is 3.64. The third-order valence-corrected chi connectivity index (χ3v) is 4.40. The summed E-state index contributed by atoms with van der Waals surface area (Å²) in [6, 6.07) is 0. The van der Waals surface area contributed by atoms with Gasteiger partial charge in [0, 0.05) is 26.5 Å². The molecule has 0 aromatic carbocycles. The van der Waals surface area contributed by atoms with Crippen LogP contribution in [0.15, 0.2) is 29.9 Å². The Hall–Kier alpha value is -2.52. The average molecular weight is 362 g/mol. The molecule has 0 aliphatic rings. The minimum Gasteiger partial charge on any atom is -0.450 e. The fourth-order valence-electron chi connectivity index (χ4n) is 2.47. The first-order valence-corrected chi connectivity index (χ1v) is 7.80. The minimum atomic E-state index is 0.404. The Kier molecular flexibility index (Phi) is 3.47. The van der Waals surface area contributed by atoms with Gasteiger partial charge in [-0.25, -0.2) is 19.5 Å². The lowest BCUT2D eigenvalue weighted by molar-refractivity contribution is 0.486. The van der Waals surface area contributed by atoms with Crippen LogP contribution in [0.3, 0.4) is 0 Å². The third kappa shape index (κ3) is 2.16. The molecule has 0 spiro atoms. The van der Waals surface area contributed by atoms with Gasteiger partial charge in [0.15, 0.2) is 33.6 Å². The summed E-state index contributed by atoms with van der Waals surface area (Å²) in [4.78, 5) is 12.8. The summed E-state index contributed by atoms with van der Waals surface area (Å²) in [6.45, 7) is 0. The molecule has 4 rings (SSSR count). The first-order chi connectivity index (χ1) is 11.6. The van der Waals surface area contributed by atoms with Crippen LogP contribution < -0.4 is 10.1 Å². The highest BCUT2D eigenvalue weighted by Gasteiger charge is 2.18. The van der Waals surface area contributed by atoms with Crippen LogP contribution in [-0.2, 0) is 7.05 Å². The molecule has 0 unspecified atom stereocenters. The molecule has 4 heterocycles. The van der Waals surface area contributed by atoms with Crippen LogP contribution in [0.2, 0.25) is 5.02 Å². The molecule has 8 nitrogen and oxygen atoms in total. The second kappa shape index (κ2) is 5.53. The summed E-state index contributed by atoms with van der Waals surface area (Å²) in [5, 5.41) is 8.20. The number of imidazole rings is 1. The quantitative estimate of drug-likeness (QED) is 0.546.